The molecule has 3 amide bonds. The van der Waals surface area contributed by atoms with Crippen LogP contribution in [0.1, 0.15) is 120 Å². The maximum absolute atomic E-state index is 13.3. The third-order valence-corrected chi connectivity index (χ3v) is 5.22. The molecule has 0 aliphatic carbocycles. The molecule has 3 N–H and O–H groups in total. The van der Waals surface area contributed by atoms with E-state index < -0.39 is 53.7 Å². The van der Waals surface area contributed by atoms with Crippen LogP contribution in [0.4, 0.5) is 4.79 Å². The molecule has 0 spiro atoms. The molecule has 0 bridgehead atoms. The fourth-order valence-electron chi connectivity index (χ4n) is 3.57. The van der Waals surface area contributed by atoms with Crippen LogP contribution in [0.2, 0.25) is 0 Å². The number of nitrogens with zero attached hydrogens (tertiary/aromatic N) is 1. The molecule has 0 heterocycles. The normalized spacial score (nSPS) is 13.5. The summed E-state index contributed by atoms with van der Waals surface area (Å²) in [5, 5.41) is 2.76. The first-order valence-electron chi connectivity index (χ1n) is 13.4. The zero-order valence-corrected chi connectivity index (χ0v) is 23.9. The molecule has 36 heavy (non-hydrogen) atoms. The van der Waals surface area contributed by atoms with Gasteiger partial charge in [0.15, 0.2) is 0 Å². The summed E-state index contributed by atoms with van der Waals surface area (Å²) in [5.41, 5.74) is 4.70. The Morgan fingerprint density at radius 3 is 1.78 bits per heavy atom. The summed E-state index contributed by atoms with van der Waals surface area (Å²) in [6.07, 6.45) is 6.06. The molecule has 0 aromatic carbocycles. The van der Waals surface area contributed by atoms with Gasteiger partial charge < -0.3 is 20.5 Å². The van der Waals surface area contributed by atoms with Crippen molar-refractivity contribution < 1.29 is 28.7 Å². The summed E-state index contributed by atoms with van der Waals surface area (Å²) < 4.78 is 10.7. The van der Waals surface area contributed by atoms with E-state index in [4.69, 9.17) is 15.2 Å². The first kappa shape index (κ1) is 33.8. The quantitative estimate of drug-likeness (QED) is 0.237. The second-order valence-corrected chi connectivity index (χ2v) is 11.5. The van der Waals surface area contributed by atoms with E-state index in [-0.39, 0.29) is 12.8 Å². The van der Waals surface area contributed by atoms with Gasteiger partial charge in [-0.2, -0.15) is 0 Å². The number of amides is 3. The summed E-state index contributed by atoms with van der Waals surface area (Å²) in [4.78, 5) is 52.2. The van der Waals surface area contributed by atoms with Crippen LogP contribution in [0.15, 0.2) is 0 Å². The Hall–Kier alpha value is -2.16. The van der Waals surface area contributed by atoms with E-state index in [0.29, 0.717) is 12.8 Å². The molecule has 0 saturated carbocycles. The van der Waals surface area contributed by atoms with Crippen LogP contribution in [0.3, 0.4) is 0 Å². The van der Waals surface area contributed by atoms with Crippen molar-refractivity contribution in [3.63, 3.8) is 0 Å². The maximum atomic E-state index is 13.3. The Bertz CT molecular complexity index is 697. The van der Waals surface area contributed by atoms with E-state index in [1.807, 2.05) is 0 Å². The number of rotatable bonds is 15. The van der Waals surface area contributed by atoms with Crippen molar-refractivity contribution in [3.05, 3.63) is 0 Å². The van der Waals surface area contributed by atoms with Gasteiger partial charge in [0.05, 0.1) is 0 Å². The predicted octanol–water partition coefficient (Wildman–Crippen LogP) is 4.84. The molecule has 0 aliphatic heterocycles. The minimum atomic E-state index is -0.758. The SMILES string of the molecule is CCCCC[C@H](N)CC(=O)N(CC(=O)OC(C)(C)C)C(=O)C[C@H](CCCCC)NC(=O)OC(C)(C)C. The van der Waals surface area contributed by atoms with Crippen molar-refractivity contribution in [2.75, 3.05) is 6.54 Å². The molecule has 0 aromatic rings. The van der Waals surface area contributed by atoms with Gasteiger partial charge in [-0.25, -0.2) is 4.79 Å². The monoisotopic (exact) mass is 513 g/mol. The number of nitrogens with two attached hydrogens (primary N) is 1. The minimum Gasteiger partial charge on any atom is -0.459 e. The highest BCUT2D eigenvalue weighted by Gasteiger charge is 2.30. The van der Waals surface area contributed by atoms with Gasteiger partial charge in [0, 0.05) is 24.9 Å². The number of carbonyl (C=O) groups excluding carboxylic acids is 4. The Kier molecular flexibility index (Phi) is 15.6. The van der Waals surface area contributed by atoms with Gasteiger partial charge in [0.25, 0.3) is 0 Å². The average Bonchev–Trinajstić information content (AvgIpc) is 2.69. The van der Waals surface area contributed by atoms with E-state index in [9.17, 15) is 19.2 Å². The molecule has 0 radical (unpaired) electrons. The highest BCUT2D eigenvalue weighted by atomic mass is 16.6. The number of hydrogen-bond acceptors (Lipinski definition) is 7. The molecule has 2 atom stereocenters. The molecule has 0 fully saturated rings. The minimum absolute atomic E-state index is 0.0434. The number of imide groups is 1. The van der Waals surface area contributed by atoms with Crippen LogP contribution in [0.25, 0.3) is 0 Å². The Morgan fingerprint density at radius 2 is 1.28 bits per heavy atom. The van der Waals surface area contributed by atoms with Crippen LogP contribution in [0, 0.1) is 0 Å². The zero-order valence-electron chi connectivity index (χ0n) is 23.9. The fourth-order valence-corrected chi connectivity index (χ4v) is 3.57. The first-order chi connectivity index (χ1) is 16.6. The first-order valence-corrected chi connectivity index (χ1v) is 13.4. The third-order valence-electron chi connectivity index (χ3n) is 5.22. The predicted molar refractivity (Wildman–Crippen MR) is 141 cm³/mol. The lowest BCUT2D eigenvalue weighted by molar-refractivity contribution is -0.162. The number of carbonyl (C=O) groups is 4. The van der Waals surface area contributed by atoms with Crippen molar-refractivity contribution in [2.24, 2.45) is 5.73 Å². The second-order valence-electron chi connectivity index (χ2n) is 11.5. The van der Waals surface area contributed by atoms with Crippen LogP contribution in [-0.4, -0.2) is 58.6 Å². The number of alkyl carbamates (subject to hydrolysis) is 1. The van der Waals surface area contributed by atoms with Gasteiger partial charge >= 0.3 is 12.1 Å². The number of unbranched alkanes of at least 4 members (excludes halogenated alkanes) is 4. The molecule has 0 aliphatic rings. The molecule has 9 nitrogen and oxygen atoms in total. The standard InChI is InChI=1S/C27H51N3O6/c1-9-11-13-15-20(28)17-22(31)30(19-24(33)35-26(3,4)5)23(32)18-21(16-14-12-10-2)29-25(34)36-27(6,7)8/h20-21H,9-19,28H2,1-8H3,(H,29,34)/t20-,21-/m0/s1. The molecule has 0 aromatic heterocycles. The summed E-state index contributed by atoms with van der Waals surface area (Å²) in [6.45, 7) is 14.1. The highest BCUT2D eigenvalue weighted by Crippen LogP contribution is 2.15. The number of hydrogen-bond donors (Lipinski definition) is 2. The Labute approximate surface area is 218 Å². The number of ether oxygens (including phenoxy) is 2. The second kappa shape index (κ2) is 16.6. The van der Waals surface area contributed by atoms with Crippen LogP contribution < -0.4 is 11.1 Å². The summed E-state index contributed by atoms with van der Waals surface area (Å²) in [7, 11) is 0. The van der Waals surface area contributed by atoms with Crippen molar-refractivity contribution in [1.82, 2.24) is 10.2 Å². The van der Waals surface area contributed by atoms with E-state index in [1.165, 1.54) is 0 Å². The van der Waals surface area contributed by atoms with Gasteiger partial charge in [-0.3, -0.25) is 19.3 Å². The van der Waals surface area contributed by atoms with Crippen LogP contribution >= 0.6 is 0 Å². The summed E-state index contributed by atoms with van der Waals surface area (Å²) in [5.74, 6) is -1.74. The van der Waals surface area contributed by atoms with Gasteiger partial charge in [-0.05, 0) is 54.4 Å². The van der Waals surface area contributed by atoms with E-state index in [2.05, 4.69) is 19.2 Å². The van der Waals surface area contributed by atoms with Crippen LogP contribution in [0.5, 0.6) is 0 Å². The lowest BCUT2D eigenvalue weighted by Crippen LogP contribution is -2.47. The lowest BCUT2D eigenvalue weighted by Gasteiger charge is -2.27. The highest BCUT2D eigenvalue weighted by molar-refractivity contribution is 5.98. The molecular weight excluding hydrogens is 462 g/mol. The summed E-state index contributed by atoms with van der Waals surface area (Å²) >= 11 is 0. The topological polar surface area (TPSA) is 128 Å². The van der Waals surface area contributed by atoms with Gasteiger partial charge in [0.1, 0.15) is 17.7 Å². The van der Waals surface area contributed by atoms with Gasteiger partial charge in [0.2, 0.25) is 11.8 Å². The Balaban J connectivity index is 5.56. The molecule has 210 valence electrons. The van der Waals surface area contributed by atoms with Crippen molar-refractivity contribution >= 4 is 23.9 Å². The van der Waals surface area contributed by atoms with Gasteiger partial charge in [-0.1, -0.05) is 52.4 Å². The maximum Gasteiger partial charge on any atom is 0.407 e. The van der Waals surface area contributed by atoms with E-state index in [1.54, 1.807) is 41.5 Å². The van der Waals surface area contributed by atoms with E-state index >= 15 is 0 Å². The molecule has 0 rings (SSSR count). The van der Waals surface area contributed by atoms with Crippen molar-refractivity contribution in [2.45, 2.75) is 143 Å². The van der Waals surface area contributed by atoms with E-state index in [0.717, 1.165) is 43.4 Å². The Morgan fingerprint density at radius 1 is 0.778 bits per heavy atom. The third kappa shape index (κ3) is 17.3. The average molecular weight is 514 g/mol. The zero-order chi connectivity index (χ0) is 27.9. The van der Waals surface area contributed by atoms with Crippen molar-refractivity contribution in [1.29, 1.82) is 0 Å². The van der Waals surface area contributed by atoms with Gasteiger partial charge in [-0.15, -0.1) is 0 Å². The lowest BCUT2D eigenvalue weighted by atomic mass is 10.0. The molecular formula is C27H51N3O6. The largest absolute Gasteiger partial charge is 0.459 e. The molecule has 0 unspecified atom stereocenters. The fraction of sp³-hybridized carbons (Fsp3) is 0.852. The smallest absolute Gasteiger partial charge is 0.407 e. The molecule has 9 heteroatoms. The van der Waals surface area contributed by atoms with Crippen molar-refractivity contribution in [3.8, 4) is 0 Å². The summed E-state index contributed by atoms with van der Waals surface area (Å²) in [6, 6.07) is -0.940. The number of nitrogens with one attached hydrogen (secondary N) is 1. The molecule has 0 saturated heterocycles. The number of esters is 1. The van der Waals surface area contributed by atoms with Crippen LogP contribution in [-0.2, 0) is 23.9 Å².